The number of pyridine rings is 1. The van der Waals surface area contributed by atoms with E-state index in [9.17, 15) is 9.90 Å². The molecule has 0 amide bonds. The maximum atomic E-state index is 12.3. The van der Waals surface area contributed by atoms with Crippen LogP contribution in [-0.2, 0) is 6.54 Å². The predicted molar refractivity (Wildman–Crippen MR) is 86.5 cm³/mol. The van der Waals surface area contributed by atoms with Crippen LogP contribution < -0.4 is 10.3 Å². The Morgan fingerprint density at radius 1 is 1.26 bits per heavy atom. The Morgan fingerprint density at radius 3 is 2.91 bits per heavy atom. The summed E-state index contributed by atoms with van der Waals surface area (Å²) in [6.45, 7) is 2.09. The van der Waals surface area contributed by atoms with E-state index in [4.69, 9.17) is 4.74 Å². The molecule has 118 valence electrons. The van der Waals surface area contributed by atoms with Crippen molar-refractivity contribution >= 4 is 10.9 Å². The highest BCUT2D eigenvalue weighted by molar-refractivity contribution is 5.75. The van der Waals surface area contributed by atoms with Crippen molar-refractivity contribution in [3.8, 4) is 5.75 Å². The van der Waals surface area contributed by atoms with Crippen molar-refractivity contribution in [2.45, 2.75) is 19.6 Å². The van der Waals surface area contributed by atoms with E-state index in [1.54, 1.807) is 18.3 Å². The molecule has 6 nitrogen and oxygen atoms in total. The molecule has 23 heavy (non-hydrogen) atoms. The van der Waals surface area contributed by atoms with Crippen molar-refractivity contribution in [2.24, 2.45) is 0 Å². The van der Waals surface area contributed by atoms with Gasteiger partial charge in [-0.15, -0.1) is 0 Å². The summed E-state index contributed by atoms with van der Waals surface area (Å²) >= 11 is 0. The average molecular weight is 311 g/mol. The Bertz CT molecular complexity index is 876. The molecule has 2 heterocycles. The first kappa shape index (κ1) is 15.2. The maximum Gasteiger partial charge on any atom is 0.276 e. The molecule has 0 aliphatic heterocycles. The van der Waals surface area contributed by atoms with Crippen LogP contribution in [0.3, 0.4) is 0 Å². The lowest BCUT2D eigenvalue weighted by atomic mass is 10.2. The first-order valence-electron chi connectivity index (χ1n) is 7.32. The second-order valence-corrected chi connectivity index (χ2v) is 5.30. The molecule has 0 aliphatic carbocycles. The van der Waals surface area contributed by atoms with Gasteiger partial charge in [0.15, 0.2) is 0 Å². The van der Waals surface area contributed by atoms with Crippen molar-refractivity contribution in [1.82, 2.24) is 14.8 Å². The third-order valence-electron chi connectivity index (χ3n) is 3.53. The Kier molecular flexibility index (Phi) is 4.34. The summed E-state index contributed by atoms with van der Waals surface area (Å²) in [5.41, 5.74) is 1.26. The van der Waals surface area contributed by atoms with Crippen LogP contribution in [-0.4, -0.2) is 32.6 Å². The highest BCUT2D eigenvalue weighted by Crippen LogP contribution is 2.16. The van der Waals surface area contributed by atoms with Gasteiger partial charge in [-0.3, -0.25) is 9.78 Å². The van der Waals surface area contributed by atoms with E-state index in [1.807, 2.05) is 31.2 Å². The number of aliphatic hydroxyl groups is 1. The molecule has 3 aromatic rings. The number of benzene rings is 1. The van der Waals surface area contributed by atoms with Crippen molar-refractivity contribution in [3.05, 3.63) is 64.7 Å². The van der Waals surface area contributed by atoms with Gasteiger partial charge in [0, 0.05) is 6.20 Å². The van der Waals surface area contributed by atoms with Gasteiger partial charge in [0.1, 0.15) is 18.5 Å². The second-order valence-electron chi connectivity index (χ2n) is 5.30. The third kappa shape index (κ3) is 3.37. The minimum absolute atomic E-state index is 0.0650. The number of hydrogen-bond donors (Lipinski definition) is 1. The van der Waals surface area contributed by atoms with Gasteiger partial charge in [-0.25, -0.2) is 4.68 Å². The summed E-state index contributed by atoms with van der Waals surface area (Å²) in [6, 6.07) is 11.0. The molecule has 0 saturated carbocycles. The molecular formula is C17H17N3O3. The Hall–Kier alpha value is -2.73. The summed E-state index contributed by atoms with van der Waals surface area (Å²) in [7, 11) is 0. The Balaban J connectivity index is 1.71. The topological polar surface area (TPSA) is 77.2 Å². The molecule has 0 radical (unpaired) electrons. The molecule has 0 fully saturated rings. The van der Waals surface area contributed by atoms with E-state index in [0.29, 0.717) is 10.9 Å². The van der Waals surface area contributed by atoms with Crippen molar-refractivity contribution in [2.75, 3.05) is 6.61 Å². The molecule has 1 atom stereocenters. The summed E-state index contributed by atoms with van der Waals surface area (Å²) in [4.78, 5) is 16.4. The van der Waals surface area contributed by atoms with Gasteiger partial charge in [0.25, 0.3) is 5.56 Å². The molecule has 0 saturated heterocycles. The van der Waals surface area contributed by atoms with E-state index in [1.165, 1.54) is 10.9 Å². The lowest BCUT2D eigenvalue weighted by Crippen LogP contribution is -2.32. The largest absolute Gasteiger partial charge is 0.491 e. The van der Waals surface area contributed by atoms with Crippen molar-refractivity contribution in [1.29, 1.82) is 0 Å². The molecule has 2 aromatic heterocycles. The number of nitrogens with zero attached hydrogens (tertiary/aromatic N) is 3. The number of fused-ring (bicyclic) bond motifs is 1. The normalized spacial score (nSPS) is 12.3. The highest BCUT2D eigenvalue weighted by atomic mass is 16.5. The minimum atomic E-state index is -0.839. The summed E-state index contributed by atoms with van der Waals surface area (Å²) in [5.74, 6) is 0.717. The highest BCUT2D eigenvalue weighted by Gasteiger charge is 2.11. The van der Waals surface area contributed by atoms with Crippen LogP contribution in [0.25, 0.3) is 10.9 Å². The lowest BCUT2D eigenvalue weighted by molar-refractivity contribution is 0.0878. The number of aromatic nitrogens is 3. The SMILES string of the molecule is Cc1ccccc1OC[C@H](O)Cn1ncc2ncccc2c1=O. The fourth-order valence-electron chi connectivity index (χ4n) is 2.30. The number of aliphatic hydroxyl groups excluding tert-OH is 1. The van der Waals surface area contributed by atoms with Crippen LogP contribution in [0.5, 0.6) is 5.75 Å². The predicted octanol–water partition coefficient (Wildman–Crippen LogP) is 1.54. The van der Waals surface area contributed by atoms with Crippen molar-refractivity contribution in [3.63, 3.8) is 0 Å². The van der Waals surface area contributed by atoms with Crippen LogP contribution in [0.2, 0.25) is 0 Å². The quantitative estimate of drug-likeness (QED) is 0.773. The van der Waals surface area contributed by atoms with E-state index in [2.05, 4.69) is 10.1 Å². The smallest absolute Gasteiger partial charge is 0.276 e. The van der Waals surface area contributed by atoms with Gasteiger partial charge in [-0.1, -0.05) is 18.2 Å². The zero-order chi connectivity index (χ0) is 16.2. The third-order valence-corrected chi connectivity index (χ3v) is 3.53. The lowest BCUT2D eigenvalue weighted by Gasteiger charge is -2.14. The first-order valence-corrected chi connectivity index (χ1v) is 7.32. The minimum Gasteiger partial charge on any atom is -0.491 e. The fourth-order valence-corrected chi connectivity index (χ4v) is 2.30. The zero-order valence-corrected chi connectivity index (χ0v) is 12.7. The van der Waals surface area contributed by atoms with Gasteiger partial charge in [0.2, 0.25) is 0 Å². The monoisotopic (exact) mass is 311 g/mol. The maximum absolute atomic E-state index is 12.3. The van der Waals surface area contributed by atoms with Gasteiger partial charge in [-0.05, 0) is 30.7 Å². The molecule has 3 rings (SSSR count). The molecule has 1 N–H and O–H groups in total. The van der Waals surface area contributed by atoms with Gasteiger partial charge in [-0.2, -0.15) is 5.10 Å². The van der Waals surface area contributed by atoms with E-state index < -0.39 is 6.10 Å². The van der Waals surface area contributed by atoms with E-state index in [-0.39, 0.29) is 18.7 Å². The average Bonchev–Trinajstić information content (AvgIpc) is 2.57. The molecular weight excluding hydrogens is 294 g/mol. The standard InChI is InChI=1S/C17H17N3O3/c1-12-5-2-3-7-16(12)23-11-13(21)10-20-17(22)14-6-4-8-18-15(14)9-19-20/h2-9,13,21H,10-11H2,1H3/t13-/m1/s1. The van der Waals surface area contributed by atoms with Gasteiger partial charge >= 0.3 is 0 Å². The number of hydrogen-bond acceptors (Lipinski definition) is 5. The molecule has 6 heteroatoms. The fraction of sp³-hybridized carbons (Fsp3) is 0.235. The van der Waals surface area contributed by atoms with E-state index in [0.717, 1.165) is 11.3 Å². The number of rotatable bonds is 5. The first-order chi connectivity index (χ1) is 11.1. The van der Waals surface area contributed by atoms with Crippen LogP contribution in [0, 0.1) is 6.92 Å². The molecule has 0 bridgehead atoms. The second kappa shape index (κ2) is 6.58. The molecule has 0 spiro atoms. The van der Waals surface area contributed by atoms with Crippen LogP contribution >= 0.6 is 0 Å². The number of ether oxygens (including phenoxy) is 1. The molecule has 1 aromatic carbocycles. The van der Waals surface area contributed by atoms with Gasteiger partial charge < -0.3 is 9.84 Å². The van der Waals surface area contributed by atoms with Gasteiger partial charge in [0.05, 0.1) is 23.6 Å². The Morgan fingerprint density at radius 2 is 2.09 bits per heavy atom. The Labute approximate surface area is 133 Å². The van der Waals surface area contributed by atoms with Crippen LogP contribution in [0.15, 0.2) is 53.6 Å². The summed E-state index contributed by atoms with van der Waals surface area (Å²) in [5, 5.41) is 14.6. The van der Waals surface area contributed by atoms with Crippen LogP contribution in [0.1, 0.15) is 5.56 Å². The number of aryl methyl sites for hydroxylation is 1. The molecule has 0 aliphatic rings. The molecule has 0 unspecified atom stereocenters. The summed E-state index contributed by atoms with van der Waals surface area (Å²) < 4.78 is 6.82. The van der Waals surface area contributed by atoms with Crippen LogP contribution in [0.4, 0.5) is 0 Å². The zero-order valence-electron chi connectivity index (χ0n) is 12.7. The van der Waals surface area contributed by atoms with E-state index >= 15 is 0 Å². The number of para-hydroxylation sites is 1. The van der Waals surface area contributed by atoms with Crippen molar-refractivity contribution < 1.29 is 9.84 Å². The summed E-state index contributed by atoms with van der Waals surface area (Å²) in [6.07, 6.45) is 2.29.